The Morgan fingerprint density at radius 3 is 2.18 bits per heavy atom. The highest BCUT2D eigenvalue weighted by molar-refractivity contribution is 5.69. The van der Waals surface area contributed by atoms with E-state index in [-0.39, 0.29) is 12.0 Å². The van der Waals surface area contributed by atoms with E-state index in [1.165, 1.54) is 4.90 Å². The predicted octanol–water partition coefficient (Wildman–Crippen LogP) is 5.33. The number of carbonyl (C=O) groups is 1. The summed E-state index contributed by atoms with van der Waals surface area (Å²) in [5.74, 6) is 0. The number of nitrogens with zero attached hydrogens (tertiary/aromatic N) is 3. The molecule has 0 bridgehead atoms. The molecule has 1 heterocycles. The van der Waals surface area contributed by atoms with E-state index < -0.39 is 6.09 Å². The van der Waals surface area contributed by atoms with Crippen LogP contribution in [0.25, 0.3) is 11.1 Å². The van der Waals surface area contributed by atoms with Crippen LogP contribution in [0, 0.1) is 22.7 Å². The molecule has 0 aromatic heterocycles. The zero-order valence-electron chi connectivity index (χ0n) is 18.8. The van der Waals surface area contributed by atoms with Crippen LogP contribution in [0.15, 0.2) is 72.8 Å². The summed E-state index contributed by atoms with van der Waals surface area (Å²) >= 11 is 0. The number of hydrogen-bond donors (Lipinski definition) is 1. The lowest BCUT2D eigenvalue weighted by molar-refractivity contribution is 0.0368. The lowest BCUT2D eigenvalue weighted by atomic mass is 9.73. The van der Waals surface area contributed by atoms with Gasteiger partial charge in [0.05, 0.1) is 24.3 Å². The first-order valence-electron chi connectivity index (χ1n) is 11.2. The fourth-order valence-corrected chi connectivity index (χ4v) is 4.62. The van der Waals surface area contributed by atoms with Gasteiger partial charge in [0.25, 0.3) is 0 Å². The second-order valence-electron chi connectivity index (χ2n) is 8.56. The third-order valence-electron chi connectivity index (χ3n) is 6.57. The van der Waals surface area contributed by atoms with Crippen LogP contribution in [-0.2, 0) is 16.8 Å². The average molecular weight is 452 g/mol. The summed E-state index contributed by atoms with van der Waals surface area (Å²) in [6.45, 7) is 1.47. The molecule has 1 fully saturated rings. The van der Waals surface area contributed by atoms with Gasteiger partial charge in [-0.2, -0.15) is 10.5 Å². The highest BCUT2D eigenvalue weighted by Crippen LogP contribution is 2.36. The molecule has 0 aliphatic carbocycles. The van der Waals surface area contributed by atoms with Crippen molar-refractivity contribution in [3.8, 4) is 23.3 Å². The van der Waals surface area contributed by atoms with Crippen LogP contribution in [0.2, 0.25) is 0 Å². The number of hydrogen-bond acceptors (Lipinski definition) is 4. The predicted molar refractivity (Wildman–Crippen MR) is 128 cm³/mol. The first kappa shape index (κ1) is 23.0. The van der Waals surface area contributed by atoms with Crippen molar-refractivity contribution in [3.63, 3.8) is 0 Å². The van der Waals surface area contributed by atoms with Crippen molar-refractivity contribution in [2.24, 2.45) is 0 Å². The number of carboxylic acid groups (broad SMARTS) is 1. The topological polar surface area (TPSA) is 97.3 Å². The van der Waals surface area contributed by atoms with Crippen LogP contribution in [0.5, 0.6) is 0 Å². The van der Waals surface area contributed by atoms with Gasteiger partial charge in [0, 0.05) is 18.5 Å². The molecule has 1 N–H and O–H groups in total. The van der Waals surface area contributed by atoms with E-state index in [4.69, 9.17) is 4.74 Å². The van der Waals surface area contributed by atoms with Crippen LogP contribution >= 0.6 is 0 Å². The molecule has 1 aliphatic rings. The maximum atomic E-state index is 11.4. The second kappa shape index (κ2) is 10.2. The third-order valence-corrected chi connectivity index (χ3v) is 6.57. The Hall–Kier alpha value is -4.13. The molecule has 0 saturated carbocycles. The molecule has 6 heteroatoms. The van der Waals surface area contributed by atoms with Crippen molar-refractivity contribution in [1.82, 2.24) is 4.90 Å². The van der Waals surface area contributed by atoms with E-state index in [0.29, 0.717) is 49.2 Å². The van der Waals surface area contributed by atoms with Gasteiger partial charge in [-0.05, 0) is 47.2 Å². The summed E-state index contributed by atoms with van der Waals surface area (Å²) in [5.41, 5.74) is 3.97. The molecule has 0 unspecified atom stereocenters. The smallest absolute Gasteiger partial charge is 0.407 e. The van der Waals surface area contributed by atoms with E-state index in [1.807, 2.05) is 54.6 Å². The molecule has 1 amide bonds. The van der Waals surface area contributed by atoms with Crippen LogP contribution in [0.3, 0.4) is 0 Å². The van der Waals surface area contributed by atoms with Gasteiger partial charge in [0.2, 0.25) is 0 Å². The second-order valence-corrected chi connectivity index (χ2v) is 8.56. The summed E-state index contributed by atoms with van der Waals surface area (Å²) in [6, 6.07) is 27.7. The van der Waals surface area contributed by atoms with E-state index >= 15 is 0 Å². The molecule has 0 radical (unpaired) electrons. The maximum absolute atomic E-state index is 11.4. The van der Waals surface area contributed by atoms with Crippen molar-refractivity contribution in [2.75, 3.05) is 19.7 Å². The molecule has 0 spiro atoms. The minimum absolute atomic E-state index is 0.190. The Bertz CT molecular complexity index is 1240. The highest BCUT2D eigenvalue weighted by atomic mass is 16.5. The van der Waals surface area contributed by atoms with Crippen LogP contribution < -0.4 is 0 Å². The van der Waals surface area contributed by atoms with E-state index in [2.05, 4.69) is 24.3 Å². The maximum Gasteiger partial charge on any atom is 0.407 e. The average Bonchev–Trinajstić information content (AvgIpc) is 2.89. The molecule has 34 heavy (non-hydrogen) atoms. The van der Waals surface area contributed by atoms with E-state index in [0.717, 1.165) is 16.7 Å². The van der Waals surface area contributed by atoms with Gasteiger partial charge in [-0.1, -0.05) is 60.7 Å². The first-order chi connectivity index (χ1) is 16.6. The molecule has 0 atom stereocenters. The van der Waals surface area contributed by atoms with Crippen molar-refractivity contribution in [2.45, 2.75) is 24.9 Å². The fourth-order valence-electron chi connectivity index (χ4n) is 4.62. The van der Waals surface area contributed by atoms with Crippen molar-refractivity contribution < 1.29 is 14.6 Å². The van der Waals surface area contributed by atoms with Crippen molar-refractivity contribution in [1.29, 1.82) is 10.5 Å². The number of ether oxygens (including phenoxy) is 1. The van der Waals surface area contributed by atoms with Crippen LogP contribution in [0.1, 0.15) is 35.1 Å². The van der Waals surface area contributed by atoms with Crippen LogP contribution in [-0.4, -0.2) is 35.8 Å². The summed E-state index contributed by atoms with van der Waals surface area (Å²) in [6.07, 6.45) is 0.409. The van der Waals surface area contributed by atoms with Gasteiger partial charge in [0.15, 0.2) is 0 Å². The SMILES string of the molecule is N#Cc1cc(-c2ccccc2)cc(COCC2(c3ccccc3)CCN(C(=O)O)CC2)c1C#N. The van der Waals surface area contributed by atoms with Gasteiger partial charge in [0.1, 0.15) is 12.1 Å². The van der Waals surface area contributed by atoms with E-state index in [9.17, 15) is 20.4 Å². The normalized spacial score (nSPS) is 14.7. The highest BCUT2D eigenvalue weighted by Gasteiger charge is 2.37. The quantitative estimate of drug-likeness (QED) is 0.547. The standard InChI is InChI=1S/C28H25N3O3/c29-17-23-15-22(21-7-3-1-4-8-21)16-24(26(23)18-30)19-34-20-28(25-9-5-2-6-10-25)11-13-31(14-12-28)27(32)33/h1-10,15-16H,11-14,19-20H2,(H,32,33). The minimum atomic E-state index is -0.900. The fraction of sp³-hybridized carbons (Fsp3) is 0.250. The first-order valence-corrected chi connectivity index (χ1v) is 11.2. The molecule has 6 nitrogen and oxygen atoms in total. The van der Waals surface area contributed by atoms with Crippen molar-refractivity contribution >= 4 is 6.09 Å². The molecular formula is C28H25N3O3. The van der Waals surface area contributed by atoms with Crippen LogP contribution in [0.4, 0.5) is 4.79 Å². The zero-order valence-corrected chi connectivity index (χ0v) is 18.8. The third kappa shape index (κ3) is 4.78. The van der Waals surface area contributed by atoms with Gasteiger partial charge in [-0.3, -0.25) is 0 Å². The lowest BCUT2D eigenvalue weighted by Gasteiger charge is -2.41. The largest absolute Gasteiger partial charge is 0.465 e. The molecule has 1 aliphatic heterocycles. The minimum Gasteiger partial charge on any atom is -0.465 e. The van der Waals surface area contributed by atoms with Gasteiger partial charge < -0.3 is 14.7 Å². The van der Waals surface area contributed by atoms with Crippen molar-refractivity contribution in [3.05, 3.63) is 95.1 Å². The molecule has 3 aromatic carbocycles. The Morgan fingerprint density at radius 1 is 0.941 bits per heavy atom. The van der Waals surface area contributed by atoms with Gasteiger partial charge >= 0.3 is 6.09 Å². The molecule has 1 saturated heterocycles. The Morgan fingerprint density at radius 2 is 1.59 bits per heavy atom. The Balaban J connectivity index is 1.59. The summed E-state index contributed by atoms with van der Waals surface area (Å²) in [4.78, 5) is 12.9. The molecule has 3 aromatic rings. The van der Waals surface area contributed by atoms with Gasteiger partial charge in [-0.15, -0.1) is 0 Å². The molecular weight excluding hydrogens is 426 g/mol. The molecule has 4 rings (SSSR count). The number of piperidine rings is 1. The summed E-state index contributed by atoms with van der Waals surface area (Å²) in [7, 11) is 0. The number of amides is 1. The van der Waals surface area contributed by atoms with Gasteiger partial charge in [-0.25, -0.2) is 4.79 Å². The number of likely N-dealkylation sites (tertiary alicyclic amines) is 1. The number of benzene rings is 3. The molecule has 170 valence electrons. The number of nitriles is 2. The lowest BCUT2D eigenvalue weighted by Crippen LogP contribution is -2.47. The Labute approximate surface area is 199 Å². The number of rotatable bonds is 6. The summed E-state index contributed by atoms with van der Waals surface area (Å²) in [5, 5.41) is 28.7. The zero-order chi connectivity index (χ0) is 24.0. The monoisotopic (exact) mass is 451 g/mol. The summed E-state index contributed by atoms with van der Waals surface area (Å²) < 4.78 is 6.22. The Kier molecular flexibility index (Phi) is 6.92. The van der Waals surface area contributed by atoms with E-state index in [1.54, 1.807) is 6.07 Å².